The van der Waals surface area contributed by atoms with Crippen molar-refractivity contribution < 1.29 is 14.5 Å². The molecule has 0 radical (unpaired) electrons. The summed E-state index contributed by atoms with van der Waals surface area (Å²) in [4.78, 5) is 9.93. The Balaban J connectivity index is 0.000000149. The first-order valence-corrected chi connectivity index (χ1v) is 8.34. The van der Waals surface area contributed by atoms with Crippen molar-refractivity contribution in [3.05, 3.63) is 71.8 Å². The summed E-state index contributed by atoms with van der Waals surface area (Å²) in [5.41, 5.74) is 2.73. The van der Waals surface area contributed by atoms with E-state index >= 15 is 0 Å². The van der Waals surface area contributed by atoms with Crippen molar-refractivity contribution in [1.29, 1.82) is 0 Å². The van der Waals surface area contributed by atoms with Crippen LogP contribution in [0.25, 0.3) is 0 Å². The zero-order chi connectivity index (χ0) is 15.9. The minimum Gasteiger partial charge on any atom is -0.368 e. The smallest absolute Gasteiger partial charge is 0.106 e. The van der Waals surface area contributed by atoms with Crippen molar-refractivity contribution in [3.63, 3.8) is 0 Å². The van der Waals surface area contributed by atoms with Crippen LogP contribution in [0.4, 0.5) is 0 Å². The molecule has 2 fully saturated rings. The standard InChI is InChI=1S/C12H16O2.C8H8O/c1-2-13-14-9-11-8-12(11)10-6-4-3-5-7-10;1-2-4-7(5-3-1)8-6-9-8/h3-7,11-12H,2,8-9H2,1H3;1-5,8H,6H2/t11-,12-;/m1./s1. The second-order valence-electron chi connectivity index (χ2n) is 5.94. The Labute approximate surface area is 138 Å². The van der Waals surface area contributed by atoms with E-state index in [0.717, 1.165) is 13.2 Å². The van der Waals surface area contributed by atoms with E-state index in [1.807, 2.05) is 25.1 Å². The summed E-state index contributed by atoms with van der Waals surface area (Å²) < 4.78 is 5.09. The quantitative estimate of drug-likeness (QED) is 0.340. The molecule has 1 unspecified atom stereocenters. The van der Waals surface area contributed by atoms with Crippen molar-refractivity contribution in [3.8, 4) is 0 Å². The Bertz CT molecular complexity index is 566. The molecule has 3 nitrogen and oxygen atoms in total. The van der Waals surface area contributed by atoms with Gasteiger partial charge in [0.25, 0.3) is 0 Å². The van der Waals surface area contributed by atoms with Crippen LogP contribution < -0.4 is 0 Å². The lowest BCUT2D eigenvalue weighted by Gasteiger charge is -2.01. The Morgan fingerprint density at radius 3 is 2.09 bits per heavy atom. The van der Waals surface area contributed by atoms with E-state index in [4.69, 9.17) is 14.5 Å². The highest BCUT2D eigenvalue weighted by Crippen LogP contribution is 2.47. The average molecular weight is 312 g/mol. The highest BCUT2D eigenvalue weighted by molar-refractivity contribution is 5.25. The van der Waals surface area contributed by atoms with Gasteiger partial charge in [-0.25, -0.2) is 9.78 Å². The monoisotopic (exact) mass is 312 g/mol. The maximum absolute atomic E-state index is 5.09. The largest absolute Gasteiger partial charge is 0.368 e. The topological polar surface area (TPSA) is 31.0 Å². The Morgan fingerprint density at radius 2 is 1.52 bits per heavy atom. The third-order valence-electron chi connectivity index (χ3n) is 4.14. The minimum absolute atomic E-state index is 0.409. The molecule has 1 aliphatic heterocycles. The number of epoxide rings is 1. The minimum atomic E-state index is 0.409. The van der Waals surface area contributed by atoms with Crippen LogP contribution in [0.1, 0.15) is 36.5 Å². The summed E-state index contributed by atoms with van der Waals surface area (Å²) in [6.45, 7) is 4.20. The van der Waals surface area contributed by atoms with Crippen LogP contribution in [-0.2, 0) is 14.5 Å². The molecule has 3 heteroatoms. The van der Waals surface area contributed by atoms with Gasteiger partial charge in [0.1, 0.15) is 6.10 Å². The Kier molecular flexibility index (Phi) is 5.81. The van der Waals surface area contributed by atoms with Crippen LogP contribution in [0.3, 0.4) is 0 Å². The second kappa shape index (κ2) is 8.25. The predicted molar refractivity (Wildman–Crippen MR) is 90.0 cm³/mol. The molecule has 0 N–H and O–H groups in total. The molecule has 1 saturated heterocycles. The van der Waals surface area contributed by atoms with Gasteiger partial charge >= 0.3 is 0 Å². The fourth-order valence-electron chi connectivity index (χ4n) is 2.67. The van der Waals surface area contributed by atoms with Crippen molar-refractivity contribution in [2.75, 3.05) is 19.8 Å². The number of benzene rings is 2. The SMILES string of the molecule is CCOOC[C@H]1C[C@@H]1c1ccccc1.c1ccc(C2CO2)cc1. The van der Waals surface area contributed by atoms with Gasteiger partial charge in [0.15, 0.2) is 0 Å². The number of rotatable bonds is 6. The van der Waals surface area contributed by atoms with Gasteiger partial charge in [-0.05, 0) is 36.3 Å². The molecule has 0 bridgehead atoms. The highest BCUT2D eigenvalue weighted by atomic mass is 17.2. The zero-order valence-corrected chi connectivity index (χ0v) is 13.6. The van der Waals surface area contributed by atoms with Crippen LogP contribution in [0.15, 0.2) is 60.7 Å². The van der Waals surface area contributed by atoms with Crippen molar-refractivity contribution >= 4 is 0 Å². The molecule has 1 saturated carbocycles. The fraction of sp³-hybridized carbons (Fsp3) is 0.400. The third kappa shape index (κ3) is 5.17. The first-order valence-electron chi connectivity index (χ1n) is 8.34. The summed E-state index contributed by atoms with van der Waals surface area (Å²) in [6.07, 6.45) is 1.64. The molecule has 122 valence electrons. The maximum atomic E-state index is 5.09. The van der Waals surface area contributed by atoms with Gasteiger partial charge in [-0.2, -0.15) is 0 Å². The number of hydrogen-bond donors (Lipinski definition) is 0. The van der Waals surface area contributed by atoms with E-state index in [-0.39, 0.29) is 0 Å². The lowest BCUT2D eigenvalue weighted by atomic mass is 10.1. The Morgan fingerprint density at radius 1 is 0.913 bits per heavy atom. The van der Waals surface area contributed by atoms with Gasteiger partial charge in [0.05, 0.1) is 19.8 Å². The summed E-state index contributed by atoms with van der Waals surface area (Å²) in [6, 6.07) is 20.9. The molecule has 0 amide bonds. The fourth-order valence-corrected chi connectivity index (χ4v) is 2.67. The van der Waals surface area contributed by atoms with Crippen LogP contribution in [-0.4, -0.2) is 19.8 Å². The molecule has 1 heterocycles. The molecule has 4 rings (SSSR count). The predicted octanol–water partition coefficient (Wildman–Crippen LogP) is 4.52. The van der Waals surface area contributed by atoms with Crippen LogP contribution in [0.2, 0.25) is 0 Å². The molecule has 2 aromatic carbocycles. The summed E-state index contributed by atoms with van der Waals surface area (Å²) in [5.74, 6) is 1.35. The summed E-state index contributed by atoms with van der Waals surface area (Å²) in [7, 11) is 0. The van der Waals surface area contributed by atoms with Gasteiger partial charge in [-0.1, -0.05) is 60.7 Å². The summed E-state index contributed by atoms with van der Waals surface area (Å²) in [5, 5.41) is 0. The first kappa shape index (κ1) is 16.2. The van der Waals surface area contributed by atoms with Crippen molar-refractivity contribution in [2.45, 2.75) is 25.4 Å². The Hall–Kier alpha value is -1.68. The molecule has 2 aromatic rings. The average Bonchev–Trinajstić information content (AvgIpc) is 3.51. The number of hydrogen-bond acceptors (Lipinski definition) is 3. The van der Waals surface area contributed by atoms with Crippen LogP contribution >= 0.6 is 0 Å². The maximum Gasteiger partial charge on any atom is 0.106 e. The van der Waals surface area contributed by atoms with Gasteiger partial charge in [0.2, 0.25) is 0 Å². The van der Waals surface area contributed by atoms with Gasteiger partial charge < -0.3 is 4.74 Å². The normalized spacial score (nSPS) is 24.5. The third-order valence-corrected chi connectivity index (χ3v) is 4.14. The molecule has 3 atom stereocenters. The summed E-state index contributed by atoms with van der Waals surface area (Å²) >= 11 is 0. The van der Waals surface area contributed by atoms with E-state index in [2.05, 4.69) is 42.5 Å². The van der Waals surface area contributed by atoms with Crippen molar-refractivity contribution in [2.24, 2.45) is 5.92 Å². The van der Waals surface area contributed by atoms with Crippen molar-refractivity contribution in [1.82, 2.24) is 0 Å². The lowest BCUT2D eigenvalue weighted by molar-refractivity contribution is -0.293. The van der Waals surface area contributed by atoms with E-state index in [1.165, 1.54) is 17.5 Å². The molecule has 0 spiro atoms. The molecule has 0 aromatic heterocycles. The van der Waals surface area contributed by atoms with E-state index < -0.39 is 0 Å². The van der Waals surface area contributed by atoms with Crippen LogP contribution in [0.5, 0.6) is 0 Å². The molecular formula is C20H24O3. The van der Waals surface area contributed by atoms with Gasteiger partial charge in [-0.3, -0.25) is 0 Å². The lowest BCUT2D eigenvalue weighted by Crippen LogP contribution is -1.99. The molecular weight excluding hydrogens is 288 g/mol. The van der Waals surface area contributed by atoms with Gasteiger partial charge in [0, 0.05) is 0 Å². The second-order valence-corrected chi connectivity index (χ2v) is 5.94. The molecule has 23 heavy (non-hydrogen) atoms. The van der Waals surface area contributed by atoms with E-state index in [1.54, 1.807) is 0 Å². The highest BCUT2D eigenvalue weighted by Gasteiger charge is 2.38. The number of ether oxygens (including phenoxy) is 1. The van der Waals surface area contributed by atoms with Crippen LogP contribution in [0, 0.1) is 5.92 Å². The first-order chi connectivity index (χ1) is 11.4. The van der Waals surface area contributed by atoms with Gasteiger partial charge in [-0.15, -0.1) is 0 Å². The molecule has 2 aliphatic rings. The zero-order valence-electron chi connectivity index (χ0n) is 13.6. The van der Waals surface area contributed by atoms with E-state index in [9.17, 15) is 0 Å². The molecule has 1 aliphatic carbocycles. The van der Waals surface area contributed by atoms with E-state index in [0.29, 0.717) is 24.5 Å².